The van der Waals surface area contributed by atoms with Crippen molar-refractivity contribution in [3.8, 4) is 22.4 Å². The molecule has 3 N–H and O–H groups in total. The zero-order valence-corrected chi connectivity index (χ0v) is 41.7. The van der Waals surface area contributed by atoms with E-state index in [9.17, 15) is 14.4 Å². The van der Waals surface area contributed by atoms with Crippen LogP contribution in [0, 0.1) is 16.7 Å². The van der Waals surface area contributed by atoms with Crippen LogP contribution in [0.5, 0.6) is 0 Å². The lowest BCUT2D eigenvalue weighted by Gasteiger charge is -2.37. The Hall–Kier alpha value is -5.74. The lowest BCUT2D eigenvalue weighted by Crippen LogP contribution is -2.62. The van der Waals surface area contributed by atoms with Crippen molar-refractivity contribution in [2.75, 3.05) is 39.3 Å². The average molecular weight is 975 g/mol. The molecular formula is C55H68F2N8O6. The first kappa shape index (κ1) is 48.9. The SMILES string of the molecule is CCn1c(-c2cccnc2C(C)C)c2c3cc(ccc31)-c1cc(cc(C(F)F)c1)C[C@H](NC(=O)[C@H](C1CCCC1)N1CC[C@]3(CCN(C(=O)[C@H]4CN4)C3)C1=O)C(=O)N1CCC[C@H](N1)C(=O)OCC(C)(C)C2. The zero-order valence-electron chi connectivity index (χ0n) is 41.7. The van der Waals surface area contributed by atoms with Gasteiger partial charge >= 0.3 is 5.97 Å². The van der Waals surface area contributed by atoms with E-state index in [0.29, 0.717) is 81.5 Å². The Bertz CT molecular complexity index is 2750. The number of halogens is 2. The van der Waals surface area contributed by atoms with Gasteiger partial charge in [0.2, 0.25) is 17.7 Å². The summed E-state index contributed by atoms with van der Waals surface area (Å²) in [5, 5.41) is 8.47. The minimum Gasteiger partial charge on any atom is -0.464 e. The predicted octanol–water partition coefficient (Wildman–Crippen LogP) is 7.08. The second kappa shape index (κ2) is 19.4. The lowest BCUT2D eigenvalue weighted by molar-refractivity contribution is -0.155. The van der Waals surface area contributed by atoms with E-state index in [4.69, 9.17) is 9.72 Å². The molecule has 5 atom stereocenters. The van der Waals surface area contributed by atoms with Crippen LogP contribution in [0.3, 0.4) is 0 Å². The highest BCUT2D eigenvalue weighted by atomic mass is 19.3. The predicted molar refractivity (Wildman–Crippen MR) is 265 cm³/mol. The number of amides is 4. The minimum atomic E-state index is -2.83. The molecule has 0 radical (unpaired) electrons. The molecule has 6 aliphatic rings. The Morgan fingerprint density at radius 3 is 2.46 bits per heavy atom. The van der Waals surface area contributed by atoms with Gasteiger partial charge in [0, 0.05) is 79.3 Å². The molecule has 14 nitrogen and oxygen atoms in total. The van der Waals surface area contributed by atoms with Crippen LogP contribution in [0.1, 0.15) is 121 Å². The summed E-state index contributed by atoms with van der Waals surface area (Å²) >= 11 is 0. The highest BCUT2D eigenvalue weighted by molar-refractivity contribution is 5.97. The van der Waals surface area contributed by atoms with Gasteiger partial charge in [-0.05, 0) is 116 Å². The first-order valence-electron chi connectivity index (χ1n) is 26.0. The summed E-state index contributed by atoms with van der Waals surface area (Å²) in [5.41, 5.74) is 8.22. The zero-order chi connectivity index (χ0) is 49.9. The van der Waals surface area contributed by atoms with Gasteiger partial charge in [0.05, 0.1) is 29.5 Å². The number of esters is 1. The Morgan fingerprint density at radius 2 is 1.73 bits per heavy atom. The molecule has 4 saturated heterocycles. The maximum atomic E-state index is 15.1. The first-order valence-corrected chi connectivity index (χ1v) is 26.0. The number of carbonyl (C=O) groups excluding carboxylic acids is 5. The van der Waals surface area contributed by atoms with Crippen LogP contribution in [0.4, 0.5) is 8.78 Å². The molecule has 6 bridgehead atoms. The van der Waals surface area contributed by atoms with E-state index in [1.807, 2.05) is 30.5 Å². The summed E-state index contributed by atoms with van der Waals surface area (Å²) in [6.45, 7) is 13.2. The smallest absolute Gasteiger partial charge is 0.324 e. The monoisotopic (exact) mass is 975 g/mol. The standard InChI is InChI=1S/C55H68F2N8O6/c1-6-63-44-16-15-35-27-39(44)40(47(63)38-13-9-19-58-45(38)32(2)3)28-54(4,5)31-71-52(69)41-14-10-20-65(61-41)51(68)42(25-33-23-36(35)26-37(24-33)48(56)57)60-49(66)46(34-11-7-8-12-34)64-22-18-55(53(64)70)17-21-62(30-55)50(67)43-29-59-43/h9,13,15-16,19,23-24,26-27,32,34,41-43,46,48,59,61H,6-8,10-12,14,17-18,20-22,25,28-31H2,1-5H3,(H,60,66)/t41-,42-,43+,46-,55-/m0/s1. The molecule has 0 unspecified atom stereocenters. The van der Waals surface area contributed by atoms with Gasteiger partial charge in [0.1, 0.15) is 18.1 Å². The highest BCUT2D eigenvalue weighted by Gasteiger charge is 2.56. The van der Waals surface area contributed by atoms with Crippen LogP contribution >= 0.6 is 0 Å². The largest absolute Gasteiger partial charge is 0.464 e. The number of nitrogens with one attached hydrogen (secondary N) is 3. The maximum absolute atomic E-state index is 15.1. The van der Waals surface area contributed by atoms with E-state index in [2.05, 4.69) is 67.4 Å². The lowest BCUT2D eigenvalue weighted by atomic mass is 9.83. The number of cyclic esters (lactones) is 1. The number of hydrogen-bond donors (Lipinski definition) is 3. The van der Waals surface area contributed by atoms with Gasteiger partial charge in [-0.2, -0.15) is 0 Å². The Labute approximate surface area is 414 Å². The molecule has 4 aromatic rings. The number of pyridine rings is 1. The number of carbonyl (C=O) groups is 5. The number of alkyl halides is 2. The fraction of sp³-hybridized carbons (Fsp3) is 0.564. The number of likely N-dealkylation sites (tertiary alicyclic amines) is 2. The Morgan fingerprint density at radius 1 is 0.958 bits per heavy atom. The fourth-order valence-corrected chi connectivity index (χ4v) is 12.4. The quantitative estimate of drug-likeness (QED) is 0.117. The van der Waals surface area contributed by atoms with Gasteiger partial charge < -0.3 is 29.7 Å². The van der Waals surface area contributed by atoms with Crippen molar-refractivity contribution in [2.45, 2.75) is 142 Å². The summed E-state index contributed by atoms with van der Waals surface area (Å²) in [4.78, 5) is 80.2. The van der Waals surface area contributed by atoms with Crippen LogP contribution in [0.2, 0.25) is 0 Å². The number of aromatic nitrogens is 2. The van der Waals surface area contributed by atoms with Gasteiger partial charge in [-0.15, -0.1) is 0 Å². The third-order valence-electron chi connectivity index (χ3n) is 16.1. The molecule has 1 spiro atoms. The van der Waals surface area contributed by atoms with Gasteiger partial charge in [-0.1, -0.05) is 58.7 Å². The third-order valence-corrected chi connectivity index (χ3v) is 16.1. The molecule has 2 aromatic carbocycles. The first-order chi connectivity index (χ1) is 34.0. The topological polar surface area (TPSA) is 168 Å². The van der Waals surface area contributed by atoms with E-state index in [0.717, 1.165) is 59.1 Å². The molecule has 4 amide bonds. The molecular weight excluding hydrogens is 907 g/mol. The number of aryl methyl sites for hydroxylation is 1. The van der Waals surface area contributed by atoms with Gasteiger partial charge in [0.15, 0.2) is 0 Å². The molecule has 10 rings (SSSR count). The van der Waals surface area contributed by atoms with E-state index < -0.39 is 53.2 Å². The van der Waals surface area contributed by atoms with Crippen molar-refractivity contribution in [1.29, 1.82) is 0 Å². The molecule has 1 saturated carbocycles. The normalized spacial score (nSPS) is 25.4. The van der Waals surface area contributed by atoms with Gasteiger partial charge in [-0.25, -0.2) is 14.2 Å². The summed E-state index contributed by atoms with van der Waals surface area (Å²) in [6.07, 6.45) is 4.55. The second-order valence-electron chi connectivity index (χ2n) is 22.2. The average Bonchev–Trinajstić information content (AvgIpc) is 3.61. The van der Waals surface area contributed by atoms with E-state index in [1.165, 1.54) is 17.1 Å². The van der Waals surface area contributed by atoms with Crippen molar-refractivity contribution in [3.05, 3.63) is 77.1 Å². The number of hydrogen-bond acceptors (Lipinski definition) is 9. The van der Waals surface area contributed by atoms with E-state index >= 15 is 18.4 Å². The fourth-order valence-electron chi connectivity index (χ4n) is 12.4. The van der Waals surface area contributed by atoms with Crippen LogP contribution in [0.15, 0.2) is 54.7 Å². The third kappa shape index (κ3) is 9.46. The summed E-state index contributed by atoms with van der Waals surface area (Å²) in [7, 11) is 0. The molecule has 16 heteroatoms. The van der Waals surface area contributed by atoms with Crippen LogP contribution < -0.4 is 16.1 Å². The molecule has 5 aliphatic heterocycles. The second-order valence-corrected chi connectivity index (χ2v) is 22.2. The number of benzene rings is 2. The van der Waals surface area contributed by atoms with E-state index in [-0.39, 0.29) is 54.8 Å². The number of rotatable bonds is 9. The molecule has 378 valence electrons. The van der Waals surface area contributed by atoms with Gasteiger partial charge in [-0.3, -0.25) is 34.0 Å². The minimum absolute atomic E-state index is 0.00332. The Balaban J connectivity index is 1.05. The number of ether oxygens (including phenoxy) is 1. The Kier molecular flexibility index (Phi) is 13.3. The molecule has 5 fully saturated rings. The summed E-state index contributed by atoms with van der Waals surface area (Å²) < 4.78 is 38.7. The van der Waals surface area contributed by atoms with Crippen molar-refractivity contribution >= 4 is 40.5 Å². The maximum Gasteiger partial charge on any atom is 0.324 e. The summed E-state index contributed by atoms with van der Waals surface area (Å²) in [5.74, 6) is -1.66. The number of fused-ring (bicyclic) bond motifs is 6. The highest BCUT2D eigenvalue weighted by Crippen LogP contribution is 2.45. The summed E-state index contributed by atoms with van der Waals surface area (Å²) in [6, 6.07) is 11.7. The van der Waals surface area contributed by atoms with Crippen molar-refractivity contribution < 1.29 is 37.5 Å². The molecule has 1 aliphatic carbocycles. The van der Waals surface area contributed by atoms with Gasteiger partial charge in [0.25, 0.3) is 12.3 Å². The van der Waals surface area contributed by atoms with Crippen molar-refractivity contribution in [2.24, 2.45) is 16.7 Å². The molecule has 7 heterocycles. The number of hydrazine groups is 1. The van der Waals surface area contributed by atoms with Crippen molar-refractivity contribution in [1.82, 2.24) is 40.4 Å². The van der Waals surface area contributed by atoms with E-state index in [1.54, 1.807) is 9.80 Å². The van der Waals surface area contributed by atoms with Crippen LogP contribution in [0.25, 0.3) is 33.3 Å². The molecule has 71 heavy (non-hydrogen) atoms. The van der Waals surface area contributed by atoms with Crippen molar-refractivity contribution in [3.63, 3.8) is 0 Å². The van der Waals surface area contributed by atoms with Crippen LogP contribution in [-0.4, -0.2) is 117 Å². The number of nitrogens with zero attached hydrogens (tertiary/aromatic N) is 5. The molecule has 2 aromatic heterocycles. The van der Waals surface area contributed by atoms with Crippen LogP contribution in [-0.2, 0) is 48.1 Å².